The molecule has 0 heterocycles. The third-order valence-corrected chi connectivity index (χ3v) is 4.06. The van der Waals surface area contributed by atoms with Gasteiger partial charge in [-0.05, 0) is 32.1 Å². The lowest BCUT2D eigenvalue weighted by atomic mass is 9.81. The molecule has 0 spiro atoms. The summed E-state index contributed by atoms with van der Waals surface area (Å²) in [5.41, 5.74) is 1.21. The monoisotopic (exact) mass is 305 g/mol. The van der Waals surface area contributed by atoms with Crippen LogP contribution in [0.25, 0.3) is 0 Å². The Hall–Kier alpha value is -1.35. The normalized spacial score (nSPS) is 15.1. The fourth-order valence-electron chi connectivity index (χ4n) is 2.55. The van der Waals surface area contributed by atoms with E-state index in [-0.39, 0.29) is 18.4 Å². The van der Waals surface area contributed by atoms with Gasteiger partial charge in [-0.1, -0.05) is 60.7 Å². The third kappa shape index (κ3) is 4.07. The van der Waals surface area contributed by atoms with Crippen molar-refractivity contribution in [2.45, 2.75) is 25.0 Å². The highest BCUT2D eigenvalue weighted by Gasteiger charge is 2.36. The van der Waals surface area contributed by atoms with E-state index in [1.54, 1.807) is 0 Å². The molecule has 0 amide bonds. The smallest absolute Gasteiger partial charge is 0.109 e. The SMILES string of the molecule is CC(N(C)C)C(O)(Cc1ccccc1)c1ccccc1.Cl. The predicted octanol–water partition coefficient (Wildman–Crippen LogP) is 3.49. The molecule has 0 aliphatic heterocycles. The Bertz CT molecular complexity index is 529. The van der Waals surface area contributed by atoms with Crippen LogP contribution in [-0.2, 0) is 12.0 Å². The van der Waals surface area contributed by atoms with Gasteiger partial charge in [-0.2, -0.15) is 0 Å². The van der Waals surface area contributed by atoms with Crippen LogP contribution in [0.15, 0.2) is 60.7 Å². The van der Waals surface area contributed by atoms with E-state index in [4.69, 9.17) is 0 Å². The summed E-state index contributed by atoms with van der Waals surface area (Å²) in [6.45, 7) is 2.07. The topological polar surface area (TPSA) is 23.5 Å². The average molecular weight is 306 g/mol. The Balaban J connectivity index is 0.00000220. The van der Waals surface area contributed by atoms with Gasteiger partial charge in [0, 0.05) is 12.5 Å². The molecule has 2 nitrogen and oxygen atoms in total. The molecule has 3 heteroatoms. The first-order valence-electron chi connectivity index (χ1n) is 7.02. The fourth-order valence-corrected chi connectivity index (χ4v) is 2.55. The zero-order valence-corrected chi connectivity index (χ0v) is 13.7. The Morgan fingerprint density at radius 2 is 1.43 bits per heavy atom. The van der Waals surface area contributed by atoms with Gasteiger partial charge in [0.25, 0.3) is 0 Å². The second-order valence-corrected chi connectivity index (χ2v) is 5.59. The molecule has 2 atom stereocenters. The van der Waals surface area contributed by atoms with Crippen LogP contribution >= 0.6 is 12.4 Å². The largest absolute Gasteiger partial charge is 0.383 e. The molecule has 0 fully saturated rings. The Morgan fingerprint density at radius 1 is 0.952 bits per heavy atom. The van der Waals surface area contributed by atoms with Crippen LogP contribution in [0.2, 0.25) is 0 Å². The highest BCUT2D eigenvalue weighted by atomic mass is 35.5. The van der Waals surface area contributed by atoms with Crippen LogP contribution in [0.1, 0.15) is 18.1 Å². The Morgan fingerprint density at radius 3 is 1.90 bits per heavy atom. The van der Waals surface area contributed by atoms with E-state index in [0.29, 0.717) is 6.42 Å². The highest BCUT2D eigenvalue weighted by Crippen LogP contribution is 2.31. The first-order chi connectivity index (χ1) is 9.54. The second-order valence-electron chi connectivity index (χ2n) is 5.59. The summed E-state index contributed by atoms with van der Waals surface area (Å²) in [6.07, 6.45) is 0.608. The number of benzene rings is 2. The lowest BCUT2D eigenvalue weighted by Gasteiger charge is -2.38. The minimum Gasteiger partial charge on any atom is -0.383 e. The van der Waals surface area contributed by atoms with Crippen molar-refractivity contribution in [3.05, 3.63) is 71.8 Å². The Kier molecular flexibility index (Phi) is 6.41. The van der Waals surface area contributed by atoms with Gasteiger partial charge in [-0.25, -0.2) is 0 Å². The standard InChI is InChI=1S/C18H23NO.ClH/c1-15(19(2)3)18(20,17-12-8-5-9-13-17)14-16-10-6-4-7-11-16;/h4-13,15,20H,14H2,1-3H3;1H. The van der Waals surface area contributed by atoms with Crippen LogP contribution in [0.5, 0.6) is 0 Å². The number of hydrogen-bond donors (Lipinski definition) is 1. The molecule has 2 aromatic carbocycles. The number of aliphatic hydroxyl groups is 1. The van der Waals surface area contributed by atoms with E-state index in [1.165, 1.54) is 0 Å². The number of rotatable bonds is 5. The van der Waals surface area contributed by atoms with Crippen molar-refractivity contribution in [3.63, 3.8) is 0 Å². The van der Waals surface area contributed by atoms with Crippen LogP contribution in [0.4, 0.5) is 0 Å². The van der Waals surface area contributed by atoms with Gasteiger partial charge in [0.15, 0.2) is 0 Å². The van der Waals surface area contributed by atoms with Crippen molar-refractivity contribution < 1.29 is 5.11 Å². The van der Waals surface area contributed by atoms with Gasteiger partial charge >= 0.3 is 0 Å². The summed E-state index contributed by atoms with van der Waals surface area (Å²) in [6, 6.07) is 20.1. The molecule has 0 bridgehead atoms. The average Bonchev–Trinajstić information content (AvgIpc) is 2.48. The van der Waals surface area contributed by atoms with Crippen molar-refractivity contribution in [1.82, 2.24) is 4.90 Å². The maximum absolute atomic E-state index is 11.3. The maximum Gasteiger partial charge on any atom is 0.109 e. The van der Waals surface area contributed by atoms with Crippen molar-refractivity contribution in [1.29, 1.82) is 0 Å². The second kappa shape index (κ2) is 7.60. The van der Waals surface area contributed by atoms with E-state index in [1.807, 2.05) is 62.6 Å². The molecule has 0 aliphatic rings. The molecule has 0 aliphatic carbocycles. The maximum atomic E-state index is 11.3. The molecule has 2 aromatic rings. The van der Waals surface area contributed by atoms with E-state index in [9.17, 15) is 5.11 Å². The lowest BCUT2D eigenvalue weighted by Crippen LogP contribution is -2.47. The first-order valence-corrected chi connectivity index (χ1v) is 7.02. The third-order valence-electron chi connectivity index (χ3n) is 4.06. The summed E-state index contributed by atoms with van der Waals surface area (Å²) in [5.74, 6) is 0. The van der Waals surface area contributed by atoms with Crippen LogP contribution in [0.3, 0.4) is 0 Å². The van der Waals surface area contributed by atoms with E-state index in [0.717, 1.165) is 11.1 Å². The number of halogens is 1. The van der Waals surface area contributed by atoms with Crippen molar-refractivity contribution >= 4 is 12.4 Å². The zero-order valence-electron chi connectivity index (χ0n) is 12.9. The number of nitrogens with zero attached hydrogens (tertiary/aromatic N) is 1. The number of hydrogen-bond acceptors (Lipinski definition) is 2. The minimum absolute atomic E-state index is 0. The van der Waals surface area contributed by atoms with Gasteiger partial charge in [0.05, 0.1) is 0 Å². The molecular weight excluding hydrogens is 282 g/mol. The molecule has 2 unspecified atom stereocenters. The first kappa shape index (κ1) is 17.7. The summed E-state index contributed by atoms with van der Waals surface area (Å²) in [5, 5.41) is 11.3. The molecule has 0 saturated carbocycles. The summed E-state index contributed by atoms with van der Waals surface area (Å²) >= 11 is 0. The quantitative estimate of drug-likeness (QED) is 0.914. The van der Waals surface area contributed by atoms with Gasteiger partial charge < -0.3 is 10.0 Å². The molecule has 2 rings (SSSR count). The van der Waals surface area contributed by atoms with Gasteiger partial charge in [-0.15, -0.1) is 12.4 Å². The van der Waals surface area contributed by atoms with E-state index >= 15 is 0 Å². The summed E-state index contributed by atoms with van der Waals surface area (Å²) < 4.78 is 0. The molecular formula is C18H24ClNO. The minimum atomic E-state index is -0.897. The highest BCUT2D eigenvalue weighted by molar-refractivity contribution is 5.85. The molecule has 1 N–H and O–H groups in total. The molecule has 21 heavy (non-hydrogen) atoms. The summed E-state index contributed by atoms with van der Waals surface area (Å²) in [7, 11) is 4.01. The van der Waals surface area contributed by atoms with Gasteiger partial charge in [0.1, 0.15) is 5.60 Å². The van der Waals surface area contributed by atoms with Crippen LogP contribution in [0, 0.1) is 0 Å². The number of likely N-dealkylation sites (N-methyl/N-ethyl adjacent to an activating group) is 1. The Labute approximate surface area is 133 Å². The zero-order chi connectivity index (χ0) is 14.6. The molecule has 114 valence electrons. The van der Waals surface area contributed by atoms with E-state index < -0.39 is 5.60 Å². The van der Waals surface area contributed by atoms with Crippen molar-refractivity contribution in [2.24, 2.45) is 0 Å². The molecule has 0 radical (unpaired) electrons. The summed E-state index contributed by atoms with van der Waals surface area (Å²) in [4.78, 5) is 2.07. The lowest BCUT2D eigenvalue weighted by molar-refractivity contribution is -0.0313. The van der Waals surface area contributed by atoms with Crippen LogP contribution in [-0.4, -0.2) is 30.1 Å². The van der Waals surface area contributed by atoms with Gasteiger partial charge in [0.2, 0.25) is 0 Å². The fraction of sp³-hybridized carbons (Fsp3) is 0.333. The molecule has 0 aromatic heterocycles. The van der Waals surface area contributed by atoms with E-state index in [2.05, 4.69) is 24.0 Å². The molecule has 0 saturated heterocycles. The van der Waals surface area contributed by atoms with Crippen molar-refractivity contribution in [3.8, 4) is 0 Å². The van der Waals surface area contributed by atoms with Gasteiger partial charge in [-0.3, -0.25) is 0 Å². The van der Waals surface area contributed by atoms with Crippen LogP contribution < -0.4 is 0 Å². The predicted molar refractivity (Wildman–Crippen MR) is 90.9 cm³/mol. The van der Waals surface area contributed by atoms with Crippen molar-refractivity contribution in [2.75, 3.05) is 14.1 Å².